The number of hydrogen-bond acceptors (Lipinski definition) is 4. The summed E-state index contributed by atoms with van der Waals surface area (Å²) in [6.45, 7) is 6.70. The molecule has 0 unspecified atom stereocenters. The topological polar surface area (TPSA) is 49.3 Å². The van der Waals surface area contributed by atoms with Gasteiger partial charge in [0.15, 0.2) is 5.82 Å². The summed E-state index contributed by atoms with van der Waals surface area (Å²) in [6.07, 6.45) is 0. The average Bonchev–Trinajstić information content (AvgIpc) is 2.75. The summed E-state index contributed by atoms with van der Waals surface area (Å²) in [7, 11) is 0. The van der Waals surface area contributed by atoms with Crippen molar-refractivity contribution in [1.82, 2.24) is 15.1 Å². The third-order valence-corrected chi connectivity index (χ3v) is 5.92. The van der Waals surface area contributed by atoms with Crippen LogP contribution >= 0.6 is 23.2 Å². The maximum Gasteiger partial charge on any atom is 0.255 e. The van der Waals surface area contributed by atoms with Crippen LogP contribution in [0.2, 0.25) is 10.0 Å². The van der Waals surface area contributed by atoms with Gasteiger partial charge in [-0.15, -0.1) is 10.2 Å². The lowest BCUT2D eigenvalue weighted by atomic mass is 10.0. The van der Waals surface area contributed by atoms with E-state index in [-0.39, 0.29) is 5.91 Å². The molecule has 7 heteroatoms. The van der Waals surface area contributed by atoms with Crippen LogP contribution in [-0.4, -0.2) is 47.2 Å². The van der Waals surface area contributed by atoms with Crippen LogP contribution in [0.25, 0.3) is 11.3 Å². The molecule has 0 N–H and O–H groups in total. The molecule has 1 aliphatic rings. The Kier molecular flexibility index (Phi) is 5.93. The van der Waals surface area contributed by atoms with Gasteiger partial charge < -0.3 is 9.80 Å². The number of aromatic nitrogens is 2. The van der Waals surface area contributed by atoms with E-state index in [0.717, 1.165) is 17.1 Å². The highest BCUT2D eigenvalue weighted by molar-refractivity contribution is 6.35. The molecule has 2 heterocycles. The molecule has 0 radical (unpaired) electrons. The van der Waals surface area contributed by atoms with E-state index in [2.05, 4.69) is 47.1 Å². The molecule has 0 saturated carbocycles. The lowest BCUT2D eigenvalue weighted by Gasteiger charge is -2.35. The molecule has 0 spiro atoms. The summed E-state index contributed by atoms with van der Waals surface area (Å²) < 4.78 is 0. The van der Waals surface area contributed by atoms with Crippen molar-refractivity contribution < 1.29 is 4.79 Å². The van der Waals surface area contributed by atoms with E-state index in [1.54, 1.807) is 23.1 Å². The average molecular weight is 441 g/mol. The van der Waals surface area contributed by atoms with Gasteiger partial charge in [-0.05, 0) is 49.7 Å². The van der Waals surface area contributed by atoms with Crippen LogP contribution in [-0.2, 0) is 0 Å². The standard InChI is InChI=1S/C23H22Cl2N4O/c1-15-3-5-18(16(2)13-15)21-7-8-22(27-26-21)28-9-11-29(12-10-28)23(30)19-14-17(24)4-6-20(19)25/h3-8,13-14H,9-12H2,1-2H3. The summed E-state index contributed by atoms with van der Waals surface area (Å²) in [4.78, 5) is 16.7. The summed E-state index contributed by atoms with van der Waals surface area (Å²) in [5, 5.41) is 9.78. The fraction of sp³-hybridized carbons (Fsp3) is 0.261. The molecule has 3 aromatic rings. The van der Waals surface area contributed by atoms with Crippen molar-refractivity contribution in [2.75, 3.05) is 31.1 Å². The molecular formula is C23H22Cl2N4O. The highest BCUT2D eigenvalue weighted by Gasteiger charge is 2.24. The summed E-state index contributed by atoms with van der Waals surface area (Å²) in [5.74, 6) is 0.717. The first-order valence-electron chi connectivity index (χ1n) is 9.83. The fourth-order valence-corrected chi connectivity index (χ4v) is 4.08. The maximum atomic E-state index is 12.8. The van der Waals surface area contributed by atoms with E-state index in [0.29, 0.717) is 41.8 Å². The largest absolute Gasteiger partial charge is 0.352 e. The SMILES string of the molecule is Cc1ccc(-c2ccc(N3CCN(C(=O)c4cc(Cl)ccc4Cl)CC3)nn2)c(C)c1. The molecule has 154 valence electrons. The lowest BCUT2D eigenvalue weighted by Crippen LogP contribution is -2.49. The number of amides is 1. The Morgan fingerprint density at radius 1 is 0.900 bits per heavy atom. The van der Waals surface area contributed by atoms with Crippen LogP contribution in [0, 0.1) is 13.8 Å². The zero-order chi connectivity index (χ0) is 21.3. The van der Waals surface area contributed by atoms with Gasteiger partial charge in [0, 0.05) is 36.8 Å². The molecule has 1 aliphatic heterocycles. The van der Waals surface area contributed by atoms with Crippen molar-refractivity contribution in [3.63, 3.8) is 0 Å². The van der Waals surface area contributed by atoms with Crippen LogP contribution < -0.4 is 4.90 Å². The van der Waals surface area contributed by atoms with Crippen molar-refractivity contribution in [2.45, 2.75) is 13.8 Å². The molecule has 1 aromatic heterocycles. The van der Waals surface area contributed by atoms with Crippen LogP contribution in [0.1, 0.15) is 21.5 Å². The normalized spacial score (nSPS) is 14.1. The Hall–Kier alpha value is -2.63. The molecule has 1 fully saturated rings. The number of hydrogen-bond donors (Lipinski definition) is 0. The van der Waals surface area contributed by atoms with Crippen LogP contribution in [0.5, 0.6) is 0 Å². The van der Waals surface area contributed by atoms with Crippen molar-refractivity contribution in [1.29, 1.82) is 0 Å². The van der Waals surface area contributed by atoms with Gasteiger partial charge in [-0.1, -0.05) is 47.0 Å². The Morgan fingerprint density at radius 2 is 1.67 bits per heavy atom. The summed E-state index contributed by atoms with van der Waals surface area (Å²) in [6, 6.07) is 15.3. The number of nitrogens with zero attached hydrogens (tertiary/aromatic N) is 4. The third kappa shape index (κ3) is 4.27. The Balaban J connectivity index is 1.43. The van der Waals surface area contributed by atoms with E-state index < -0.39 is 0 Å². The maximum absolute atomic E-state index is 12.8. The summed E-state index contributed by atoms with van der Waals surface area (Å²) in [5.41, 5.74) is 4.81. The number of rotatable bonds is 3. The fourth-order valence-electron chi connectivity index (χ4n) is 3.71. The van der Waals surface area contributed by atoms with Gasteiger partial charge >= 0.3 is 0 Å². The molecule has 30 heavy (non-hydrogen) atoms. The van der Waals surface area contributed by atoms with E-state index in [9.17, 15) is 4.79 Å². The number of benzene rings is 2. The van der Waals surface area contributed by atoms with Gasteiger partial charge in [-0.3, -0.25) is 4.79 Å². The molecule has 1 amide bonds. The molecule has 5 nitrogen and oxygen atoms in total. The predicted molar refractivity (Wildman–Crippen MR) is 122 cm³/mol. The number of carbonyl (C=O) groups is 1. The van der Waals surface area contributed by atoms with Crippen LogP contribution in [0.4, 0.5) is 5.82 Å². The zero-order valence-corrected chi connectivity index (χ0v) is 18.4. The lowest BCUT2D eigenvalue weighted by molar-refractivity contribution is 0.0746. The third-order valence-electron chi connectivity index (χ3n) is 5.36. The van der Waals surface area contributed by atoms with Gasteiger partial charge in [0.2, 0.25) is 0 Å². The van der Waals surface area contributed by atoms with E-state index in [1.165, 1.54) is 11.1 Å². The Labute approximate surface area is 186 Å². The van der Waals surface area contributed by atoms with Crippen LogP contribution in [0.3, 0.4) is 0 Å². The highest BCUT2D eigenvalue weighted by Crippen LogP contribution is 2.25. The van der Waals surface area contributed by atoms with Gasteiger partial charge in [0.05, 0.1) is 16.3 Å². The van der Waals surface area contributed by atoms with Gasteiger partial charge in [-0.25, -0.2) is 0 Å². The Morgan fingerprint density at radius 3 is 2.33 bits per heavy atom. The second kappa shape index (κ2) is 8.62. The quantitative estimate of drug-likeness (QED) is 0.572. The first-order valence-corrected chi connectivity index (χ1v) is 10.6. The monoisotopic (exact) mass is 440 g/mol. The van der Waals surface area contributed by atoms with Gasteiger partial charge in [-0.2, -0.15) is 0 Å². The molecule has 0 atom stereocenters. The van der Waals surface area contributed by atoms with Gasteiger partial charge in [0.25, 0.3) is 5.91 Å². The van der Waals surface area contributed by atoms with Crippen LogP contribution in [0.15, 0.2) is 48.5 Å². The number of carbonyl (C=O) groups excluding carboxylic acids is 1. The second-order valence-corrected chi connectivity index (χ2v) is 8.34. The zero-order valence-electron chi connectivity index (χ0n) is 16.9. The molecule has 0 bridgehead atoms. The molecule has 2 aromatic carbocycles. The number of halogens is 2. The number of aryl methyl sites for hydroxylation is 2. The minimum absolute atomic E-state index is 0.0987. The van der Waals surface area contributed by atoms with Gasteiger partial charge in [0.1, 0.15) is 0 Å². The number of piperazine rings is 1. The molecular weight excluding hydrogens is 419 g/mol. The Bertz CT molecular complexity index is 1080. The first kappa shape index (κ1) is 20.6. The van der Waals surface area contributed by atoms with E-state index in [1.807, 2.05) is 12.1 Å². The van der Waals surface area contributed by atoms with E-state index in [4.69, 9.17) is 23.2 Å². The minimum atomic E-state index is -0.0987. The molecule has 4 rings (SSSR count). The predicted octanol–water partition coefficient (Wildman–Crippen LogP) is 5.03. The highest BCUT2D eigenvalue weighted by atomic mass is 35.5. The smallest absolute Gasteiger partial charge is 0.255 e. The van der Waals surface area contributed by atoms with Crippen molar-refractivity contribution >= 4 is 34.9 Å². The first-order chi connectivity index (χ1) is 14.4. The minimum Gasteiger partial charge on any atom is -0.352 e. The number of anilines is 1. The van der Waals surface area contributed by atoms with Crippen molar-refractivity contribution in [2.24, 2.45) is 0 Å². The molecule has 1 saturated heterocycles. The van der Waals surface area contributed by atoms with E-state index >= 15 is 0 Å². The van der Waals surface area contributed by atoms with Crippen molar-refractivity contribution in [3.05, 3.63) is 75.3 Å². The second-order valence-electron chi connectivity index (χ2n) is 7.50. The van der Waals surface area contributed by atoms with Crippen molar-refractivity contribution in [3.8, 4) is 11.3 Å². The summed E-state index contributed by atoms with van der Waals surface area (Å²) >= 11 is 12.2. The molecule has 0 aliphatic carbocycles.